The van der Waals surface area contributed by atoms with Crippen LogP contribution in [0.25, 0.3) is 0 Å². The van der Waals surface area contributed by atoms with Gasteiger partial charge in [-0.05, 0) is 55.5 Å². The molecule has 0 spiro atoms. The highest BCUT2D eigenvalue weighted by atomic mass is 32.2. The van der Waals surface area contributed by atoms with Crippen LogP contribution < -0.4 is 5.32 Å². The van der Waals surface area contributed by atoms with Crippen molar-refractivity contribution in [3.8, 4) is 0 Å². The summed E-state index contributed by atoms with van der Waals surface area (Å²) < 4.78 is 27.3. The molecule has 0 saturated carbocycles. The fraction of sp³-hybridized carbons (Fsp3) is 0.350. The van der Waals surface area contributed by atoms with Crippen molar-refractivity contribution in [3.63, 3.8) is 0 Å². The van der Waals surface area contributed by atoms with Gasteiger partial charge in [-0.2, -0.15) is 4.31 Å². The largest absolute Gasteiger partial charge is 0.478 e. The van der Waals surface area contributed by atoms with Gasteiger partial charge in [-0.1, -0.05) is 13.0 Å². The third kappa shape index (κ3) is 4.44. The molecule has 0 radical (unpaired) electrons. The van der Waals surface area contributed by atoms with E-state index in [4.69, 9.17) is 0 Å². The Bertz CT molecular complexity index is 1100. The average Bonchev–Trinajstić information content (AvgIpc) is 2.69. The molecular weight excluding hydrogens is 410 g/mol. The summed E-state index contributed by atoms with van der Waals surface area (Å²) in [6.45, 7) is 4.49. The molecule has 160 valence electrons. The number of nitrogens with one attached hydrogen (secondary N) is 1. The predicted octanol–water partition coefficient (Wildman–Crippen LogP) is 3.77. The minimum atomic E-state index is -3.84. The molecule has 0 aromatic heterocycles. The Balaban J connectivity index is 1.98. The van der Waals surface area contributed by atoms with Crippen molar-refractivity contribution >= 4 is 33.1 Å². The van der Waals surface area contributed by atoms with Crippen molar-refractivity contribution in [2.75, 3.05) is 18.4 Å². The zero-order chi connectivity index (χ0) is 22.1. The van der Waals surface area contributed by atoms with Crippen LogP contribution in [0.5, 0.6) is 0 Å². The first-order valence-electron chi connectivity index (χ1n) is 9.49. The molecule has 2 aromatic rings. The summed E-state index contributed by atoms with van der Waals surface area (Å²) in [6.07, 6.45) is 1.70. The number of aromatic carboxylic acids is 1. The van der Waals surface area contributed by atoms with E-state index in [-0.39, 0.29) is 22.1 Å². The highest BCUT2D eigenvalue weighted by Gasteiger charge is 2.30. The highest BCUT2D eigenvalue weighted by molar-refractivity contribution is 7.89. The fourth-order valence-electron chi connectivity index (χ4n) is 3.48. The van der Waals surface area contributed by atoms with Gasteiger partial charge < -0.3 is 10.4 Å². The van der Waals surface area contributed by atoms with Gasteiger partial charge in [0.25, 0.3) is 5.69 Å². The first kappa shape index (κ1) is 21.7. The molecule has 2 aromatic carbocycles. The Kier molecular flexibility index (Phi) is 6.09. The number of aryl methyl sites for hydroxylation is 1. The van der Waals surface area contributed by atoms with Gasteiger partial charge in [0.1, 0.15) is 5.69 Å². The van der Waals surface area contributed by atoms with Crippen LogP contribution >= 0.6 is 0 Å². The van der Waals surface area contributed by atoms with Crippen molar-refractivity contribution in [1.29, 1.82) is 0 Å². The number of nitro groups is 1. The van der Waals surface area contributed by atoms with Crippen LogP contribution in [-0.4, -0.2) is 41.8 Å². The topological polar surface area (TPSA) is 130 Å². The molecule has 1 saturated heterocycles. The summed E-state index contributed by atoms with van der Waals surface area (Å²) in [6, 6.07) is 8.13. The summed E-state index contributed by atoms with van der Waals surface area (Å²) in [7, 11) is -3.84. The number of hydrogen-bond acceptors (Lipinski definition) is 6. The maximum atomic E-state index is 13.0. The Hall–Kier alpha value is -2.98. The fourth-order valence-corrected chi connectivity index (χ4v) is 5.10. The van der Waals surface area contributed by atoms with E-state index in [1.54, 1.807) is 13.0 Å². The maximum absolute atomic E-state index is 13.0. The predicted molar refractivity (Wildman–Crippen MR) is 112 cm³/mol. The summed E-state index contributed by atoms with van der Waals surface area (Å²) in [5, 5.41) is 23.7. The second-order valence-electron chi connectivity index (χ2n) is 7.51. The van der Waals surface area contributed by atoms with E-state index in [0.29, 0.717) is 24.3 Å². The number of anilines is 2. The molecule has 0 bridgehead atoms. The molecule has 3 rings (SSSR count). The quantitative estimate of drug-likeness (QED) is 0.524. The van der Waals surface area contributed by atoms with Crippen LogP contribution in [0.15, 0.2) is 41.3 Å². The minimum Gasteiger partial charge on any atom is -0.478 e. The normalized spacial score (nSPS) is 17.5. The molecule has 2 N–H and O–H groups in total. The number of piperidine rings is 1. The average molecular weight is 433 g/mol. The molecule has 0 amide bonds. The zero-order valence-electron chi connectivity index (χ0n) is 16.7. The lowest BCUT2D eigenvalue weighted by atomic mass is 10.0. The van der Waals surface area contributed by atoms with Crippen LogP contribution in [0.3, 0.4) is 0 Å². The molecule has 10 heteroatoms. The van der Waals surface area contributed by atoms with Crippen LogP contribution in [0.1, 0.15) is 35.7 Å². The van der Waals surface area contributed by atoms with Crippen LogP contribution in [-0.2, 0) is 10.0 Å². The van der Waals surface area contributed by atoms with Gasteiger partial charge in [-0.25, -0.2) is 13.2 Å². The van der Waals surface area contributed by atoms with Gasteiger partial charge >= 0.3 is 5.97 Å². The number of carboxylic acid groups (broad SMARTS) is 1. The number of nitro benzene ring substituents is 1. The van der Waals surface area contributed by atoms with Crippen LogP contribution in [0.2, 0.25) is 0 Å². The lowest BCUT2D eigenvalue weighted by Crippen LogP contribution is -2.39. The second kappa shape index (κ2) is 8.41. The lowest BCUT2D eigenvalue weighted by molar-refractivity contribution is -0.384. The van der Waals surface area contributed by atoms with Crippen molar-refractivity contribution in [1.82, 2.24) is 4.31 Å². The number of benzene rings is 2. The van der Waals surface area contributed by atoms with Gasteiger partial charge in [0, 0.05) is 24.8 Å². The smallest absolute Gasteiger partial charge is 0.335 e. The second-order valence-corrected chi connectivity index (χ2v) is 9.44. The summed E-state index contributed by atoms with van der Waals surface area (Å²) in [4.78, 5) is 22.1. The number of sulfonamides is 1. The Morgan fingerprint density at radius 3 is 2.60 bits per heavy atom. The minimum absolute atomic E-state index is 0.0316. The number of carbonyl (C=O) groups is 1. The van der Waals surface area contributed by atoms with E-state index in [9.17, 15) is 28.4 Å². The molecule has 9 nitrogen and oxygen atoms in total. The van der Waals surface area contributed by atoms with E-state index in [2.05, 4.69) is 5.32 Å². The van der Waals surface area contributed by atoms with E-state index in [1.807, 2.05) is 6.92 Å². The molecule has 1 heterocycles. The molecule has 30 heavy (non-hydrogen) atoms. The van der Waals surface area contributed by atoms with Crippen molar-refractivity contribution in [2.24, 2.45) is 5.92 Å². The standard InChI is InChI=1S/C20H23N3O6S/c1-13-4-3-9-22(12-13)30(28,29)16-7-8-17(19(11-16)23(26)27)21-18-10-15(20(24)25)6-5-14(18)2/h5-8,10-11,13,21H,3-4,9,12H2,1-2H3,(H,24,25)/t13-/m0/s1. The van der Waals surface area contributed by atoms with E-state index >= 15 is 0 Å². The van der Waals surface area contributed by atoms with Gasteiger partial charge in [0.15, 0.2) is 0 Å². The van der Waals surface area contributed by atoms with E-state index < -0.39 is 26.6 Å². The van der Waals surface area contributed by atoms with Gasteiger partial charge in [0.2, 0.25) is 10.0 Å². The summed E-state index contributed by atoms with van der Waals surface area (Å²) >= 11 is 0. The van der Waals surface area contributed by atoms with E-state index in [0.717, 1.165) is 18.9 Å². The monoisotopic (exact) mass is 433 g/mol. The third-order valence-corrected chi connectivity index (χ3v) is 7.04. The Morgan fingerprint density at radius 2 is 1.97 bits per heavy atom. The highest BCUT2D eigenvalue weighted by Crippen LogP contribution is 2.33. The molecular formula is C20H23N3O6S. The van der Waals surface area contributed by atoms with Crippen molar-refractivity contribution in [2.45, 2.75) is 31.6 Å². The zero-order valence-corrected chi connectivity index (χ0v) is 17.5. The Labute approximate surface area is 174 Å². The number of carboxylic acids is 1. The third-order valence-electron chi connectivity index (χ3n) is 5.18. The molecule has 1 aliphatic rings. The van der Waals surface area contributed by atoms with Gasteiger partial charge in [-0.3, -0.25) is 10.1 Å². The molecule has 1 aliphatic heterocycles. The molecule has 0 aliphatic carbocycles. The van der Waals surface area contributed by atoms with Gasteiger partial charge in [0.05, 0.1) is 15.4 Å². The van der Waals surface area contributed by atoms with Crippen LogP contribution in [0.4, 0.5) is 17.1 Å². The van der Waals surface area contributed by atoms with Gasteiger partial charge in [-0.15, -0.1) is 0 Å². The number of nitrogens with zero attached hydrogens (tertiary/aromatic N) is 2. The summed E-state index contributed by atoms with van der Waals surface area (Å²) in [5.41, 5.74) is 0.786. The first-order valence-corrected chi connectivity index (χ1v) is 10.9. The van der Waals surface area contributed by atoms with Crippen LogP contribution in [0, 0.1) is 23.0 Å². The first-order chi connectivity index (χ1) is 14.1. The molecule has 1 fully saturated rings. The number of rotatable bonds is 6. The SMILES string of the molecule is Cc1ccc(C(=O)O)cc1Nc1ccc(S(=O)(=O)N2CCC[C@H](C)C2)cc1[N+](=O)[O-]. The molecule has 1 atom stereocenters. The lowest BCUT2D eigenvalue weighted by Gasteiger charge is -2.30. The number of hydrogen-bond donors (Lipinski definition) is 2. The summed E-state index contributed by atoms with van der Waals surface area (Å²) in [5.74, 6) is -0.890. The van der Waals surface area contributed by atoms with Crippen molar-refractivity contribution in [3.05, 3.63) is 57.6 Å². The Morgan fingerprint density at radius 1 is 1.23 bits per heavy atom. The van der Waals surface area contributed by atoms with E-state index in [1.165, 1.54) is 28.6 Å². The van der Waals surface area contributed by atoms with Crippen molar-refractivity contribution < 1.29 is 23.2 Å². The molecule has 0 unspecified atom stereocenters. The maximum Gasteiger partial charge on any atom is 0.335 e.